The molecule has 0 radical (unpaired) electrons. The molecule has 2 heterocycles. The molecule has 2 aliphatic heterocycles. The number of sulfone groups is 1. The molecule has 0 amide bonds. The molecule has 0 saturated carbocycles. The maximum atomic E-state index is 11.6. The van der Waals surface area contributed by atoms with E-state index in [1.54, 1.807) is 0 Å². The van der Waals surface area contributed by atoms with Crippen LogP contribution in [-0.2, 0) is 9.84 Å². The van der Waals surface area contributed by atoms with Crippen LogP contribution in [0.25, 0.3) is 0 Å². The van der Waals surface area contributed by atoms with Crippen LogP contribution in [0.2, 0.25) is 0 Å². The lowest BCUT2D eigenvalue weighted by Gasteiger charge is -2.40. The second-order valence-corrected chi connectivity index (χ2v) is 8.67. The van der Waals surface area contributed by atoms with Gasteiger partial charge in [0.1, 0.15) is 9.84 Å². The van der Waals surface area contributed by atoms with Gasteiger partial charge in [-0.2, -0.15) is 0 Å². The minimum absolute atomic E-state index is 0.382. The van der Waals surface area contributed by atoms with Gasteiger partial charge in [-0.3, -0.25) is 4.90 Å². The Labute approximate surface area is 117 Å². The van der Waals surface area contributed by atoms with E-state index in [-0.39, 0.29) is 0 Å². The van der Waals surface area contributed by atoms with Gasteiger partial charge < -0.3 is 5.32 Å². The summed E-state index contributed by atoms with van der Waals surface area (Å²) in [5.74, 6) is 1.54. The van der Waals surface area contributed by atoms with Crippen molar-refractivity contribution in [2.75, 3.05) is 31.1 Å². The molecule has 0 aromatic rings. The molecule has 0 unspecified atom stereocenters. The van der Waals surface area contributed by atoms with E-state index in [4.69, 9.17) is 0 Å². The number of nitrogens with zero attached hydrogens (tertiary/aromatic N) is 1. The normalized spacial score (nSPS) is 26.1. The summed E-state index contributed by atoms with van der Waals surface area (Å²) in [7, 11) is -2.74. The molecule has 4 nitrogen and oxygen atoms in total. The molecule has 5 heteroatoms. The molecule has 0 spiro atoms. The predicted molar refractivity (Wildman–Crippen MR) is 79.1 cm³/mol. The van der Waals surface area contributed by atoms with Gasteiger partial charge in [0.05, 0.1) is 11.5 Å². The zero-order valence-electron chi connectivity index (χ0n) is 12.3. The maximum Gasteiger partial charge on any atom is 0.150 e. The molecule has 2 fully saturated rings. The topological polar surface area (TPSA) is 49.4 Å². The average molecular weight is 288 g/mol. The Morgan fingerprint density at radius 3 is 2.21 bits per heavy atom. The number of hydrogen-bond acceptors (Lipinski definition) is 4. The van der Waals surface area contributed by atoms with E-state index in [1.807, 2.05) is 0 Å². The van der Waals surface area contributed by atoms with E-state index in [0.29, 0.717) is 23.6 Å². The third-order valence-electron chi connectivity index (χ3n) is 4.58. The fourth-order valence-electron chi connectivity index (χ4n) is 3.35. The summed E-state index contributed by atoms with van der Waals surface area (Å²) in [5, 5.41) is 3.41. The molecule has 0 bridgehead atoms. The van der Waals surface area contributed by atoms with Crippen LogP contribution >= 0.6 is 0 Å². The van der Waals surface area contributed by atoms with Gasteiger partial charge in [0.25, 0.3) is 0 Å². The number of rotatable bonds is 4. The van der Waals surface area contributed by atoms with Crippen LogP contribution in [0, 0.1) is 5.92 Å². The minimum Gasteiger partial charge on any atom is -0.317 e. The summed E-state index contributed by atoms with van der Waals surface area (Å²) in [6, 6.07) is 0.985. The van der Waals surface area contributed by atoms with Crippen LogP contribution in [0.5, 0.6) is 0 Å². The maximum absolute atomic E-state index is 11.6. The van der Waals surface area contributed by atoms with Crippen molar-refractivity contribution in [3.63, 3.8) is 0 Å². The standard InChI is InChI=1S/C14H28N2O2S/c1-12(2)16(11-13-3-7-15-8-4-13)14-5-9-19(17,18)10-6-14/h12-15H,3-11H2,1-2H3. The zero-order valence-corrected chi connectivity index (χ0v) is 13.1. The van der Waals surface area contributed by atoms with Crippen molar-refractivity contribution in [1.82, 2.24) is 10.2 Å². The van der Waals surface area contributed by atoms with Crippen LogP contribution in [-0.4, -0.2) is 56.5 Å². The molecule has 0 aromatic heterocycles. The Balaban J connectivity index is 1.92. The number of piperidine rings is 1. The van der Waals surface area contributed by atoms with Gasteiger partial charge in [0, 0.05) is 18.6 Å². The lowest BCUT2D eigenvalue weighted by atomic mass is 9.95. The van der Waals surface area contributed by atoms with Crippen molar-refractivity contribution in [3.8, 4) is 0 Å². The lowest BCUT2D eigenvalue weighted by molar-refractivity contribution is 0.109. The van der Waals surface area contributed by atoms with E-state index in [0.717, 1.165) is 38.4 Å². The molecule has 2 rings (SSSR count). The summed E-state index contributed by atoms with van der Waals surface area (Å²) in [5.41, 5.74) is 0. The largest absolute Gasteiger partial charge is 0.317 e. The van der Waals surface area contributed by atoms with Gasteiger partial charge in [0.15, 0.2) is 0 Å². The molecule has 19 heavy (non-hydrogen) atoms. The highest BCUT2D eigenvalue weighted by Crippen LogP contribution is 2.23. The summed E-state index contributed by atoms with van der Waals surface area (Å²) >= 11 is 0. The van der Waals surface area contributed by atoms with Crippen LogP contribution in [0.15, 0.2) is 0 Å². The molecule has 2 aliphatic rings. The zero-order chi connectivity index (χ0) is 13.9. The monoisotopic (exact) mass is 288 g/mol. The molecule has 112 valence electrons. The second-order valence-electron chi connectivity index (χ2n) is 6.37. The van der Waals surface area contributed by atoms with Gasteiger partial charge >= 0.3 is 0 Å². The first-order valence-corrected chi connectivity index (χ1v) is 9.47. The average Bonchev–Trinajstić information content (AvgIpc) is 2.37. The Kier molecular flexibility index (Phi) is 5.26. The first-order chi connectivity index (χ1) is 8.98. The summed E-state index contributed by atoms with van der Waals surface area (Å²) in [4.78, 5) is 2.56. The van der Waals surface area contributed by atoms with Gasteiger partial charge in [-0.05, 0) is 58.5 Å². The van der Waals surface area contributed by atoms with E-state index in [1.165, 1.54) is 12.8 Å². The van der Waals surface area contributed by atoms with Crippen LogP contribution in [0.4, 0.5) is 0 Å². The molecule has 2 saturated heterocycles. The minimum atomic E-state index is -2.74. The van der Waals surface area contributed by atoms with Gasteiger partial charge in [-0.1, -0.05) is 0 Å². The third-order valence-corrected chi connectivity index (χ3v) is 6.30. The van der Waals surface area contributed by atoms with Crippen molar-refractivity contribution in [3.05, 3.63) is 0 Å². The predicted octanol–water partition coefficient (Wildman–Crippen LogP) is 1.27. The Morgan fingerprint density at radius 2 is 1.68 bits per heavy atom. The smallest absolute Gasteiger partial charge is 0.150 e. The summed E-state index contributed by atoms with van der Waals surface area (Å²) in [6.45, 7) is 7.89. The van der Waals surface area contributed by atoms with Crippen LogP contribution in [0.1, 0.15) is 39.5 Å². The fourth-order valence-corrected chi connectivity index (χ4v) is 4.82. The van der Waals surface area contributed by atoms with Crippen molar-refractivity contribution in [2.24, 2.45) is 5.92 Å². The molecule has 0 aromatic carbocycles. The molecule has 0 atom stereocenters. The highest BCUT2D eigenvalue weighted by Gasteiger charge is 2.30. The highest BCUT2D eigenvalue weighted by atomic mass is 32.2. The first-order valence-electron chi connectivity index (χ1n) is 7.65. The molecular formula is C14H28N2O2S. The summed E-state index contributed by atoms with van der Waals surface area (Å²) in [6.07, 6.45) is 4.17. The molecular weight excluding hydrogens is 260 g/mol. The second kappa shape index (κ2) is 6.55. The van der Waals surface area contributed by atoms with Crippen molar-refractivity contribution in [2.45, 2.75) is 51.6 Å². The SMILES string of the molecule is CC(C)N(CC1CCNCC1)C1CCS(=O)(=O)CC1. The van der Waals surface area contributed by atoms with Gasteiger partial charge in [-0.25, -0.2) is 8.42 Å². The Morgan fingerprint density at radius 1 is 1.11 bits per heavy atom. The Hall–Kier alpha value is -0.130. The quantitative estimate of drug-likeness (QED) is 0.846. The first kappa shape index (κ1) is 15.3. The van der Waals surface area contributed by atoms with Gasteiger partial charge in [0.2, 0.25) is 0 Å². The molecule has 0 aliphatic carbocycles. The van der Waals surface area contributed by atoms with E-state index in [2.05, 4.69) is 24.1 Å². The van der Waals surface area contributed by atoms with Crippen LogP contribution < -0.4 is 5.32 Å². The van der Waals surface area contributed by atoms with Gasteiger partial charge in [-0.15, -0.1) is 0 Å². The van der Waals surface area contributed by atoms with E-state index < -0.39 is 9.84 Å². The summed E-state index contributed by atoms with van der Waals surface area (Å²) < 4.78 is 23.1. The fraction of sp³-hybridized carbons (Fsp3) is 1.00. The number of nitrogens with one attached hydrogen (secondary N) is 1. The Bertz CT molecular complexity index is 361. The lowest BCUT2D eigenvalue weighted by Crippen LogP contribution is -2.48. The molecule has 1 N–H and O–H groups in total. The van der Waals surface area contributed by atoms with Crippen LogP contribution in [0.3, 0.4) is 0 Å². The van der Waals surface area contributed by atoms with E-state index in [9.17, 15) is 8.42 Å². The highest BCUT2D eigenvalue weighted by molar-refractivity contribution is 7.91. The van der Waals surface area contributed by atoms with Crippen molar-refractivity contribution in [1.29, 1.82) is 0 Å². The van der Waals surface area contributed by atoms with E-state index >= 15 is 0 Å². The van der Waals surface area contributed by atoms with Crippen molar-refractivity contribution >= 4 is 9.84 Å². The third kappa shape index (κ3) is 4.43. The number of hydrogen-bond donors (Lipinski definition) is 1. The van der Waals surface area contributed by atoms with Crippen molar-refractivity contribution < 1.29 is 8.42 Å².